The molecular weight excluding hydrogens is 216 g/mol. The highest BCUT2D eigenvalue weighted by Crippen LogP contribution is 2.32. The molecule has 0 aliphatic carbocycles. The van der Waals surface area contributed by atoms with Gasteiger partial charge in [-0.25, -0.2) is 0 Å². The van der Waals surface area contributed by atoms with Crippen molar-refractivity contribution in [1.29, 1.82) is 0 Å². The van der Waals surface area contributed by atoms with E-state index in [4.69, 9.17) is 9.47 Å². The Balaban J connectivity index is 1.90. The van der Waals surface area contributed by atoms with Crippen molar-refractivity contribution in [2.45, 2.75) is 19.1 Å². The highest BCUT2D eigenvalue weighted by atomic mass is 16.7. The maximum absolute atomic E-state index is 12.0. The number of hydrogen-bond acceptors (Lipinski definition) is 3. The van der Waals surface area contributed by atoms with Crippen LogP contribution in [-0.4, -0.2) is 18.7 Å². The van der Waals surface area contributed by atoms with Gasteiger partial charge < -0.3 is 9.47 Å². The molecule has 1 aromatic rings. The van der Waals surface area contributed by atoms with Crippen LogP contribution in [0, 0.1) is 5.92 Å². The van der Waals surface area contributed by atoms with Gasteiger partial charge in [-0.15, -0.1) is 0 Å². The van der Waals surface area contributed by atoms with Crippen molar-refractivity contribution in [3.8, 4) is 0 Å². The van der Waals surface area contributed by atoms with Gasteiger partial charge in [0.15, 0.2) is 5.78 Å². The summed E-state index contributed by atoms with van der Waals surface area (Å²) in [6.45, 7) is 0.677. The van der Waals surface area contributed by atoms with Crippen molar-refractivity contribution in [2.75, 3.05) is 6.61 Å². The van der Waals surface area contributed by atoms with Crippen LogP contribution in [0.2, 0.25) is 0 Å². The van der Waals surface area contributed by atoms with Crippen LogP contribution in [0.3, 0.4) is 0 Å². The molecule has 0 aromatic heterocycles. The highest BCUT2D eigenvalue weighted by molar-refractivity contribution is 5.98. The number of rotatable bonds is 1. The van der Waals surface area contributed by atoms with E-state index in [1.807, 2.05) is 30.3 Å². The molecule has 0 unspecified atom stereocenters. The number of ether oxygens (including phenoxy) is 2. The first-order valence-corrected chi connectivity index (χ1v) is 5.94. The Hall–Kier alpha value is -1.61. The molecule has 2 aliphatic heterocycles. The fourth-order valence-corrected chi connectivity index (χ4v) is 2.30. The van der Waals surface area contributed by atoms with Gasteiger partial charge in [0.1, 0.15) is 5.76 Å². The van der Waals surface area contributed by atoms with Crippen LogP contribution in [0.15, 0.2) is 36.4 Å². The summed E-state index contributed by atoms with van der Waals surface area (Å²) in [5.41, 5.74) is 0.925. The second-order valence-electron chi connectivity index (χ2n) is 4.38. The van der Waals surface area contributed by atoms with Crippen LogP contribution < -0.4 is 0 Å². The van der Waals surface area contributed by atoms with E-state index in [0.29, 0.717) is 12.4 Å². The van der Waals surface area contributed by atoms with Crippen molar-refractivity contribution < 1.29 is 14.3 Å². The number of allylic oxidation sites excluding steroid dienone is 1. The minimum atomic E-state index is -0.392. The summed E-state index contributed by atoms with van der Waals surface area (Å²) < 4.78 is 11.3. The van der Waals surface area contributed by atoms with Crippen molar-refractivity contribution in [3.05, 3.63) is 42.0 Å². The summed E-state index contributed by atoms with van der Waals surface area (Å²) in [5.74, 6) is 0.634. The predicted molar refractivity (Wildman–Crippen MR) is 63.0 cm³/mol. The molecule has 0 amide bonds. The third-order valence-electron chi connectivity index (χ3n) is 3.21. The number of carbonyl (C=O) groups is 1. The van der Waals surface area contributed by atoms with E-state index in [0.717, 1.165) is 18.4 Å². The lowest BCUT2D eigenvalue weighted by Gasteiger charge is -2.34. The van der Waals surface area contributed by atoms with Crippen molar-refractivity contribution >= 4 is 11.5 Å². The largest absolute Gasteiger partial charge is 0.463 e. The van der Waals surface area contributed by atoms with E-state index in [1.165, 1.54) is 0 Å². The molecule has 2 atom stereocenters. The van der Waals surface area contributed by atoms with E-state index >= 15 is 0 Å². The van der Waals surface area contributed by atoms with Gasteiger partial charge in [0.2, 0.25) is 6.29 Å². The minimum Gasteiger partial charge on any atom is -0.463 e. The quantitative estimate of drug-likeness (QED) is 0.743. The zero-order chi connectivity index (χ0) is 11.7. The molecule has 88 valence electrons. The zero-order valence-electron chi connectivity index (χ0n) is 9.46. The topological polar surface area (TPSA) is 35.5 Å². The SMILES string of the molecule is O=C1C=C(c2ccccc2)O[C@@H]2OCCC[C@@H]12. The van der Waals surface area contributed by atoms with Crippen LogP contribution in [-0.2, 0) is 14.3 Å². The highest BCUT2D eigenvalue weighted by Gasteiger charge is 2.36. The van der Waals surface area contributed by atoms with Gasteiger partial charge >= 0.3 is 0 Å². The Bertz CT molecular complexity index is 450. The molecule has 1 saturated heterocycles. The van der Waals surface area contributed by atoms with E-state index in [-0.39, 0.29) is 11.7 Å². The Morgan fingerprint density at radius 3 is 2.82 bits per heavy atom. The normalized spacial score (nSPS) is 28.0. The molecule has 1 fully saturated rings. The average Bonchev–Trinajstić information content (AvgIpc) is 2.40. The molecule has 0 spiro atoms. The Morgan fingerprint density at radius 1 is 1.18 bits per heavy atom. The summed E-state index contributed by atoms with van der Waals surface area (Å²) in [5, 5.41) is 0. The van der Waals surface area contributed by atoms with E-state index in [9.17, 15) is 4.79 Å². The molecular formula is C14H14O3. The molecule has 1 aromatic carbocycles. The lowest BCUT2D eigenvalue weighted by Crippen LogP contribution is -2.38. The van der Waals surface area contributed by atoms with Gasteiger partial charge in [-0.3, -0.25) is 4.79 Å². The second kappa shape index (κ2) is 4.34. The molecule has 0 saturated carbocycles. The molecule has 3 heteroatoms. The Kier molecular flexibility index (Phi) is 2.69. The Labute approximate surface area is 100 Å². The molecule has 17 heavy (non-hydrogen) atoms. The van der Waals surface area contributed by atoms with E-state index in [1.54, 1.807) is 6.08 Å². The van der Waals surface area contributed by atoms with Crippen molar-refractivity contribution in [2.24, 2.45) is 5.92 Å². The van der Waals surface area contributed by atoms with E-state index < -0.39 is 6.29 Å². The van der Waals surface area contributed by atoms with Gasteiger partial charge in [-0.1, -0.05) is 30.3 Å². The first kappa shape index (κ1) is 10.5. The van der Waals surface area contributed by atoms with Crippen LogP contribution in [0.25, 0.3) is 5.76 Å². The summed E-state index contributed by atoms with van der Waals surface area (Å²) in [6.07, 6.45) is 3.01. The molecule has 3 rings (SSSR count). The van der Waals surface area contributed by atoms with Crippen molar-refractivity contribution in [3.63, 3.8) is 0 Å². The monoisotopic (exact) mass is 230 g/mol. The first-order valence-electron chi connectivity index (χ1n) is 5.94. The second-order valence-corrected chi connectivity index (χ2v) is 4.38. The van der Waals surface area contributed by atoms with Gasteiger partial charge in [0, 0.05) is 11.6 Å². The minimum absolute atomic E-state index is 0.115. The summed E-state index contributed by atoms with van der Waals surface area (Å²) in [4.78, 5) is 12.0. The van der Waals surface area contributed by atoms with Crippen LogP contribution in [0.1, 0.15) is 18.4 Å². The zero-order valence-corrected chi connectivity index (χ0v) is 9.46. The fourth-order valence-electron chi connectivity index (χ4n) is 2.30. The van der Waals surface area contributed by atoms with E-state index in [2.05, 4.69) is 0 Å². The van der Waals surface area contributed by atoms with Gasteiger partial charge in [0.05, 0.1) is 12.5 Å². The van der Waals surface area contributed by atoms with Crippen LogP contribution in [0.5, 0.6) is 0 Å². The van der Waals surface area contributed by atoms with Gasteiger partial charge in [-0.2, -0.15) is 0 Å². The molecule has 3 nitrogen and oxygen atoms in total. The summed E-state index contributed by atoms with van der Waals surface area (Å²) >= 11 is 0. The maximum Gasteiger partial charge on any atom is 0.210 e. The lowest BCUT2D eigenvalue weighted by molar-refractivity contribution is -0.169. The lowest BCUT2D eigenvalue weighted by atomic mass is 9.92. The molecule has 2 heterocycles. The van der Waals surface area contributed by atoms with Crippen molar-refractivity contribution in [1.82, 2.24) is 0 Å². The van der Waals surface area contributed by atoms with Gasteiger partial charge in [-0.05, 0) is 12.8 Å². The number of hydrogen-bond donors (Lipinski definition) is 0. The third kappa shape index (κ3) is 1.98. The standard InChI is InChI=1S/C14H14O3/c15-12-9-13(10-5-2-1-3-6-10)17-14-11(12)7-4-8-16-14/h1-3,5-6,9,11,14H,4,7-8H2/t11-,14-/m0/s1. The van der Waals surface area contributed by atoms with Crippen LogP contribution >= 0.6 is 0 Å². The summed E-state index contributed by atoms with van der Waals surface area (Å²) in [7, 11) is 0. The first-order chi connectivity index (χ1) is 8.34. The predicted octanol–water partition coefficient (Wildman–Crippen LogP) is 2.38. The number of carbonyl (C=O) groups excluding carboxylic acids is 1. The van der Waals surface area contributed by atoms with Crippen LogP contribution in [0.4, 0.5) is 0 Å². The number of fused-ring (bicyclic) bond motifs is 1. The number of ketones is 1. The molecule has 0 bridgehead atoms. The Morgan fingerprint density at radius 2 is 2.00 bits per heavy atom. The van der Waals surface area contributed by atoms with Gasteiger partial charge in [0.25, 0.3) is 0 Å². The molecule has 0 radical (unpaired) electrons. The summed E-state index contributed by atoms with van der Waals surface area (Å²) in [6, 6.07) is 9.66. The average molecular weight is 230 g/mol. The number of benzene rings is 1. The third-order valence-corrected chi connectivity index (χ3v) is 3.21. The maximum atomic E-state index is 12.0. The molecule has 0 N–H and O–H groups in total. The molecule has 2 aliphatic rings. The smallest absolute Gasteiger partial charge is 0.210 e. The fraction of sp³-hybridized carbons (Fsp3) is 0.357.